The minimum atomic E-state index is -0.786. The van der Waals surface area contributed by atoms with Gasteiger partial charge in [0.1, 0.15) is 17.8 Å². The lowest BCUT2D eigenvalue weighted by Crippen LogP contribution is -2.44. The fourth-order valence-electron chi connectivity index (χ4n) is 5.23. The number of nitrogens with one attached hydrogen (secondary N) is 2. The number of aromatic nitrogens is 5. The highest BCUT2D eigenvalue weighted by molar-refractivity contribution is 6.04. The maximum absolute atomic E-state index is 13.1. The number of benzene rings is 1. The van der Waals surface area contributed by atoms with Gasteiger partial charge in [0.05, 0.1) is 30.6 Å². The number of nitriles is 1. The van der Waals surface area contributed by atoms with Crippen molar-refractivity contribution in [2.75, 3.05) is 38.0 Å². The zero-order valence-electron chi connectivity index (χ0n) is 22.8. The lowest BCUT2D eigenvalue weighted by molar-refractivity contribution is 0.101. The molecule has 0 spiro atoms. The van der Waals surface area contributed by atoms with E-state index in [1.165, 1.54) is 24.1 Å². The standard InChI is InChI=1S/C28H31N9O4/c1-18(26-34-24(25(38)28(40)35(26)2)27(39)33-21-15-32-41-17-21)23(22-6-4-3-5-19(22)13-29)20-14-31-37(16-20)12-11-36-9-7-30-8-10-36/h3-6,14-18,23,30,38H,7-12H2,1-2H3,(H,33,39)/t18-,23-/m0/s1. The number of aromatic hydroxyl groups is 1. The zero-order chi connectivity index (χ0) is 28.9. The van der Waals surface area contributed by atoms with Crippen LogP contribution >= 0.6 is 0 Å². The van der Waals surface area contributed by atoms with Crippen LogP contribution in [0, 0.1) is 11.3 Å². The van der Waals surface area contributed by atoms with E-state index < -0.39 is 34.7 Å². The number of hydrogen-bond acceptors (Lipinski definition) is 10. The Labute approximate surface area is 236 Å². The van der Waals surface area contributed by atoms with Crippen LogP contribution in [0.5, 0.6) is 5.75 Å². The van der Waals surface area contributed by atoms with E-state index in [2.05, 4.69) is 36.8 Å². The minimum Gasteiger partial charge on any atom is -0.501 e. The smallest absolute Gasteiger partial charge is 0.296 e. The monoisotopic (exact) mass is 557 g/mol. The van der Waals surface area contributed by atoms with Crippen molar-refractivity contribution in [2.24, 2.45) is 7.05 Å². The van der Waals surface area contributed by atoms with Crippen LogP contribution in [-0.4, -0.2) is 73.1 Å². The van der Waals surface area contributed by atoms with Crippen molar-refractivity contribution >= 4 is 11.6 Å². The second kappa shape index (κ2) is 12.2. The van der Waals surface area contributed by atoms with Crippen molar-refractivity contribution in [3.8, 4) is 11.8 Å². The highest BCUT2D eigenvalue weighted by Gasteiger charge is 2.31. The van der Waals surface area contributed by atoms with Crippen LogP contribution in [-0.2, 0) is 13.6 Å². The molecule has 41 heavy (non-hydrogen) atoms. The van der Waals surface area contributed by atoms with Crippen molar-refractivity contribution < 1.29 is 14.4 Å². The summed E-state index contributed by atoms with van der Waals surface area (Å²) >= 11 is 0. The average molecular weight is 558 g/mol. The quantitative estimate of drug-likeness (QED) is 0.275. The van der Waals surface area contributed by atoms with E-state index in [1.54, 1.807) is 18.3 Å². The molecule has 1 amide bonds. The van der Waals surface area contributed by atoms with Crippen molar-refractivity contribution in [3.05, 3.63) is 87.7 Å². The van der Waals surface area contributed by atoms with Crippen LogP contribution in [0.25, 0.3) is 0 Å². The first-order chi connectivity index (χ1) is 19.9. The Balaban J connectivity index is 1.52. The molecule has 0 unspecified atom stereocenters. The van der Waals surface area contributed by atoms with Gasteiger partial charge in [-0.2, -0.15) is 10.4 Å². The summed E-state index contributed by atoms with van der Waals surface area (Å²) in [6, 6.07) is 9.53. The van der Waals surface area contributed by atoms with Gasteiger partial charge in [0, 0.05) is 57.8 Å². The summed E-state index contributed by atoms with van der Waals surface area (Å²) < 4.78 is 7.85. The van der Waals surface area contributed by atoms with Gasteiger partial charge in [-0.3, -0.25) is 23.7 Å². The number of rotatable bonds is 9. The third-order valence-corrected chi connectivity index (χ3v) is 7.40. The molecule has 4 heterocycles. The molecule has 0 bridgehead atoms. The lowest BCUT2D eigenvalue weighted by Gasteiger charge is -2.27. The number of piperazine rings is 1. The molecular formula is C28H31N9O4. The van der Waals surface area contributed by atoms with Crippen LogP contribution < -0.4 is 16.2 Å². The van der Waals surface area contributed by atoms with Gasteiger partial charge in [0.2, 0.25) is 5.75 Å². The fourth-order valence-corrected chi connectivity index (χ4v) is 5.23. The van der Waals surface area contributed by atoms with E-state index >= 15 is 0 Å². The molecule has 1 fully saturated rings. The summed E-state index contributed by atoms with van der Waals surface area (Å²) in [5, 5.41) is 34.5. The molecular weight excluding hydrogens is 526 g/mol. The average Bonchev–Trinajstić information content (AvgIpc) is 3.68. The Bertz CT molecular complexity index is 1610. The molecule has 1 saturated heterocycles. The Morgan fingerprint density at radius 2 is 2.02 bits per heavy atom. The number of carbonyl (C=O) groups excluding carboxylic acids is 1. The number of amides is 1. The zero-order valence-corrected chi connectivity index (χ0v) is 22.8. The van der Waals surface area contributed by atoms with Gasteiger partial charge < -0.3 is 20.3 Å². The molecule has 1 aliphatic rings. The van der Waals surface area contributed by atoms with E-state index in [0.717, 1.165) is 43.9 Å². The SMILES string of the molecule is C[C@H](c1nc(C(=O)Nc2cnoc2)c(O)c(=O)n1C)[C@@H](c1cnn(CCN2CCNCC2)c1)c1ccccc1C#N. The van der Waals surface area contributed by atoms with Crippen LogP contribution in [0.3, 0.4) is 0 Å². The maximum atomic E-state index is 13.1. The molecule has 212 valence electrons. The number of nitrogens with zero attached hydrogens (tertiary/aromatic N) is 7. The molecule has 1 aliphatic heterocycles. The molecule has 2 atom stereocenters. The third kappa shape index (κ3) is 5.88. The fraction of sp³-hybridized carbons (Fsp3) is 0.357. The van der Waals surface area contributed by atoms with Crippen LogP contribution in [0.2, 0.25) is 0 Å². The number of hydrogen-bond donors (Lipinski definition) is 3. The Morgan fingerprint density at radius 1 is 1.24 bits per heavy atom. The lowest BCUT2D eigenvalue weighted by atomic mass is 9.80. The topological polar surface area (TPSA) is 167 Å². The summed E-state index contributed by atoms with van der Waals surface area (Å²) in [4.78, 5) is 32.9. The van der Waals surface area contributed by atoms with Gasteiger partial charge in [-0.05, 0) is 17.2 Å². The van der Waals surface area contributed by atoms with Gasteiger partial charge in [-0.15, -0.1) is 0 Å². The first-order valence-corrected chi connectivity index (χ1v) is 13.3. The Morgan fingerprint density at radius 3 is 2.76 bits per heavy atom. The predicted octanol–water partition coefficient (Wildman–Crippen LogP) is 1.64. The van der Waals surface area contributed by atoms with Gasteiger partial charge in [0.25, 0.3) is 11.5 Å². The van der Waals surface area contributed by atoms with Gasteiger partial charge >= 0.3 is 0 Å². The number of anilines is 1. The molecule has 5 rings (SSSR count). The highest BCUT2D eigenvalue weighted by Crippen LogP contribution is 2.39. The normalized spacial score (nSPS) is 15.2. The molecule has 3 aromatic heterocycles. The van der Waals surface area contributed by atoms with Crippen LogP contribution in [0.15, 0.2) is 58.4 Å². The van der Waals surface area contributed by atoms with Crippen LogP contribution in [0.1, 0.15) is 51.8 Å². The first kappa shape index (κ1) is 27.8. The summed E-state index contributed by atoms with van der Waals surface area (Å²) in [6.45, 7) is 7.32. The van der Waals surface area contributed by atoms with Crippen molar-refractivity contribution in [1.29, 1.82) is 5.26 Å². The largest absolute Gasteiger partial charge is 0.501 e. The van der Waals surface area contributed by atoms with Gasteiger partial charge in [-0.1, -0.05) is 30.3 Å². The molecule has 13 nitrogen and oxygen atoms in total. The predicted molar refractivity (Wildman–Crippen MR) is 149 cm³/mol. The third-order valence-electron chi connectivity index (χ3n) is 7.40. The maximum Gasteiger partial charge on any atom is 0.296 e. The van der Waals surface area contributed by atoms with E-state index in [9.17, 15) is 20.0 Å². The highest BCUT2D eigenvalue weighted by atomic mass is 16.5. The Kier molecular flexibility index (Phi) is 8.23. The van der Waals surface area contributed by atoms with E-state index in [-0.39, 0.29) is 11.5 Å². The van der Waals surface area contributed by atoms with E-state index in [1.807, 2.05) is 29.9 Å². The molecule has 0 aliphatic carbocycles. The summed E-state index contributed by atoms with van der Waals surface area (Å²) in [5.74, 6) is -2.24. The summed E-state index contributed by atoms with van der Waals surface area (Å²) in [6.07, 6.45) is 6.23. The van der Waals surface area contributed by atoms with Crippen molar-refractivity contribution in [1.82, 2.24) is 34.7 Å². The molecule has 0 saturated carbocycles. The molecule has 1 aromatic carbocycles. The molecule has 13 heteroatoms. The summed E-state index contributed by atoms with van der Waals surface area (Å²) in [5.41, 5.74) is 1.11. The second-order valence-corrected chi connectivity index (χ2v) is 9.99. The minimum absolute atomic E-state index is 0.250. The Hall–Kier alpha value is -4.80. The molecule has 0 radical (unpaired) electrons. The molecule has 3 N–H and O–H groups in total. The van der Waals surface area contributed by atoms with E-state index in [4.69, 9.17) is 4.52 Å². The number of carbonyl (C=O) groups is 1. The van der Waals surface area contributed by atoms with Gasteiger partial charge in [-0.25, -0.2) is 4.98 Å². The van der Waals surface area contributed by atoms with Gasteiger partial charge in [0.15, 0.2) is 5.69 Å². The first-order valence-electron chi connectivity index (χ1n) is 13.3. The molecule has 4 aromatic rings. The van der Waals surface area contributed by atoms with Crippen LogP contribution in [0.4, 0.5) is 5.69 Å². The second-order valence-electron chi connectivity index (χ2n) is 9.99. The van der Waals surface area contributed by atoms with Crippen molar-refractivity contribution in [2.45, 2.75) is 25.3 Å². The summed E-state index contributed by atoms with van der Waals surface area (Å²) in [7, 11) is 1.49. The van der Waals surface area contributed by atoms with E-state index in [0.29, 0.717) is 12.1 Å². The van der Waals surface area contributed by atoms with Crippen molar-refractivity contribution in [3.63, 3.8) is 0 Å².